The molecule has 1 aliphatic heterocycles. The molecule has 5 rings (SSSR count). The van der Waals surface area contributed by atoms with Gasteiger partial charge in [0, 0.05) is 42.9 Å². The lowest BCUT2D eigenvalue weighted by atomic mass is 10.1. The van der Waals surface area contributed by atoms with Crippen molar-refractivity contribution in [2.45, 2.75) is 79.5 Å². The number of aryl methyl sites for hydroxylation is 1. The molecule has 0 saturated carbocycles. The van der Waals surface area contributed by atoms with Crippen molar-refractivity contribution >= 4 is 40.5 Å². The fraction of sp³-hybridized carbons (Fsp3) is 0.405. The van der Waals surface area contributed by atoms with Crippen LogP contribution in [0.1, 0.15) is 65.9 Å². The number of aliphatic hydroxyl groups is 1. The highest BCUT2D eigenvalue weighted by Crippen LogP contribution is 2.23. The second kappa shape index (κ2) is 30.1. The van der Waals surface area contributed by atoms with Crippen LogP contribution in [0.4, 0.5) is 15.8 Å². The second-order valence-electron chi connectivity index (χ2n) is 11.9. The smallest absolute Gasteiger partial charge is 0.261 e. The van der Waals surface area contributed by atoms with E-state index in [2.05, 4.69) is 38.2 Å². The van der Waals surface area contributed by atoms with Gasteiger partial charge in [-0.3, -0.25) is 30.1 Å². The van der Waals surface area contributed by atoms with Crippen molar-refractivity contribution < 1.29 is 28.6 Å². The number of hydrogen-bond acceptors (Lipinski definition) is 8. The lowest BCUT2D eigenvalue weighted by Crippen LogP contribution is -2.47. The van der Waals surface area contributed by atoms with E-state index >= 15 is 0 Å². The van der Waals surface area contributed by atoms with Crippen molar-refractivity contribution in [3.63, 3.8) is 0 Å². The summed E-state index contributed by atoms with van der Waals surface area (Å²) in [5.41, 5.74) is 14.6. The zero-order valence-corrected chi connectivity index (χ0v) is 33.7. The molecule has 55 heavy (non-hydrogen) atoms. The largest absolute Gasteiger partial charge is 0.379 e. The van der Waals surface area contributed by atoms with E-state index in [4.69, 9.17) is 10.8 Å². The van der Waals surface area contributed by atoms with Gasteiger partial charge in [-0.2, -0.15) is 0 Å². The van der Waals surface area contributed by atoms with Crippen LogP contribution in [0, 0.1) is 25.1 Å². The minimum atomic E-state index is -0.500. The lowest BCUT2D eigenvalue weighted by molar-refractivity contribution is -0.137. The van der Waals surface area contributed by atoms with Crippen molar-refractivity contribution in [2.24, 2.45) is 5.73 Å². The Bertz CT molecular complexity index is 1660. The maximum atomic E-state index is 13.7. The van der Waals surface area contributed by atoms with Crippen LogP contribution in [0.2, 0.25) is 0 Å². The Hall–Kier alpha value is -5.26. The minimum absolute atomic E-state index is 0.0339. The predicted molar refractivity (Wildman–Crippen MR) is 223 cm³/mol. The maximum Gasteiger partial charge on any atom is 0.261 e. The number of hydrogen-bond donors (Lipinski definition) is 6. The van der Waals surface area contributed by atoms with E-state index in [-0.39, 0.29) is 23.9 Å². The van der Waals surface area contributed by atoms with Gasteiger partial charge in [0.2, 0.25) is 12.3 Å². The number of allylic oxidation sites excluding steroid dienone is 5. The number of terminal acetylenes is 1. The number of aromatic nitrogens is 1. The van der Waals surface area contributed by atoms with Crippen LogP contribution >= 0.6 is 0 Å². The quantitative estimate of drug-likeness (QED) is 0.0580. The Morgan fingerprint density at radius 2 is 1.82 bits per heavy atom. The summed E-state index contributed by atoms with van der Waals surface area (Å²) in [7, 11) is 3.44. The summed E-state index contributed by atoms with van der Waals surface area (Å²) in [5.74, 6) is 1.61. The number of aliphatic hydroxyl groups excluding tert-OH is 1. The summed E-state index contributed by atoms with van der Waals surface area (Å²) in [6.07, 6.45) is 18.5. The van der Waals surface area contributed by atoms with Gasteiger partial charge in [0.15, 0.2) is 0 Å². The number of carbonyl (C=O) groups is 3. The first-order chi connectivity index (χ1) is 26.4. The third kappa shape index (κ3) is 20.1. The molecule has 2 aromatic carbocycles. The summed E-state index contributed by atoms with van der Waals surface area (Å²) in [6.45, 7) is 13.2. The minimum Gasteiger partial charge on any atom is -0.379 e. The Kier molecular flexibility index (Phi) is 27.2. The second-order valence-corrected chi connectivity index (χ2v) is 11.9. The summed E-state index contributed by atoms with van der Waals surface area (Å²) < 4.78 is 18.0. The average Bonchev–Trinajstić information content (AvgIpc) is 3.76. The zero-order valence-electron chi connectivity index (χ0n) is 33.7. The third-order valence-electron chi connectivity index (χ3n) is 7.87. The fourth-order valence-electron chi connectivity index (χ4n) is 4.75. The number of benzene rings is 2. The summed E-state index contributed by atoms with van der Waals surface area (Å²) >= 11 is 0. The van der Waals surface area contributed by atoms with Gasteiger partial charge in [-0.1, -0.05) is 74.4 Å². The SMILES string of the molecule is C#CC.CC.CCN(C)C(C)O.COCN.Cc1ccc(NC=O)cc1.O=C(NNc1ccc2[nH]cc(F)c2c1)[C@@H]1CCCN1C(=O)CC1=CC=CC=CC1. The molecule has 3 amide bonds. The van der Waals surface area contributed by atoms with Crippen LogP contribution in [-0.2, 0) is 19.1 Å². The molecular weight excluding hydrogens is 702 g/mol. The first kappa shape index (κ1) is 49.7. The predicted octanol–water partition coefficient (Wildman–Crippen LogP) is 6.63. The maximum absolute atomic E-state index is 13.7. The molecule has 1 aromatic heterocycles. The van der Waals surface area contributed by atoms with E-state index in [1.165, 1.54) is 11.8 Å². The van der Waals surface area contributed by atoms with E-state index in [0.29, 0.717) is 49.1 Å². The number of amides is 3. The number of aromatic amines is 1. The summed E-state index contributed by atoms with van der Waals surface area (Å²) in [4.78, 5) is 41.7. The Labute approximate surface area is 327 Å². The summed E-state index contributed by atoms with van der Waals surface area (Å²) in [5, 5.41) is 11.7. The molecule has 12 nitrogen and oxygen atoms in total. The number of ether oxygens (including phenoxy) is 1. The number of rotatable bonds is 10. The van der Waals surface area contributed by atoms with Gasteiger partial charge in [0.1, 0.15) is 18.1 Å². The number of fused-ring (bicyclic) bond motifs is 1. The van der Waals surface area contributed by atoms with Crippen LogP contribution in [0.3, 0.4) is 0 Å². The number of hydrazine groups is 1. The molecule has 0 spiro atoms. The van der Waals surface area contributed by atoms with E-state index in [1.54, 1.807) is 44.1 Å². The molecule has 1 unspecified atom stereocenters. The van der Waals surface area contributed by atoms with Gasteiger partial charge in [0.05, 0.1) is 12.4 Å². The van der Waals surface area contributed by atoms with Crippen LogP contribution in [0.25, 0.3) is 10.9 Å². The zero-order chi connectivity index (χ0) is 41.6. The first-order valence-corrected chi connectivity index (χ1v) is 18.3. The molecule has 1 fully saturated rings. The molecule has 302 valence electrons. The van der Waals surface area contributed by atoms with Gasteiger partial charge in [-0.05, 0) is 84.0 Å². The molecule has 13 heteroatoms. The van der Waals surface area contributed by atoms with Gasteiger partial charge < -0.3 is 30.8 Å². The molecule has 2 heterocycles. The van der Waals surface area contributed by atoms with Crippen molar-refractivity contribution in [3.05, 3.63) is 96.0 Å². The number of carbonyl (C=O) groups excluding carboxylic acids is 3. The first-order valence-electron chi connectivity index (χ1n) is 18.3. The number of anilines is 2. The average molecular weight is 764 g/mol. The number of H-pyrrole nitrogens is 1. The number of nitrogens with zero attached hydrogens (tertiary/aromatic N) is 2. The molecular formula is C42H62FN7O5. The molecule has 1 aliphatic carbocycles. The standard InChI is InChI=1S/C22H23FN4O2.C8H9NO.C5H13NO.C3H4.C2H7NO.C2H6/c23-18-14-24-19-10-9-16(13-17(18)19)25-26-22(29)20-8-5-11-27(20)21(28)12-15-6-3-1-2-4-7-15;1-7-2-4-8(5-3-7)9-6-10;1-4-6(3)5(2)7;1-3-2;1-4-2-3;1-2/h1-4,6,9-10,13-14,20,24-25H,5,7-8,11-12H2,(H,26,29);2-6H,1H3,(H,9,10);5,7H,4H2,1-3H3;1H,2H3;2-3H2,1H3;1-2H3/t20-;;;;;/m0...../s1. The van der Waals surface area contributed by atoms with E-state index in [1.807, 2.05) is 94.3 Å². The molecule has 2 atom stereocenters. The normalized spacial score (nSPS) is 14.1. The lowest BCUT2D eigenvalue weighted by Gasteiger charge is -2.24. The van der Waals surface area contributed by atoms with Crippen LogP contribution in [-0.4, -0.2) is 84.4 Å². The molecule has 7 N–H and O–H groups in total. The monoisotopic (exact) mass is 763 g/mol. The van der Waals surface area contributed by atoms with Crippen LogP contribution < -0.4 is 21.9 Å². The van der Waals surface area contributed by atoms with Crippen molar-refractivity contribution in [3.8, 4) is 12.3 Å². The van der Waals surface area contributed by atoms with E-state index in [0.717, 1.165) is 30.6 Å². The molecule has 3 aromatic rings. The van der Waals surface area contributed by atoms with Gasteiger partial charge in [-0.15, -0.1) is 12.3 Å². The van der Waals surface area contributed by atoms with Gasteiger partial charge in [0.25, 0.3) is 5.91 Å². The Morgan fingerprint density at radius 3 is 2.38 bits per heavy atom. The highest BCUT2D eigenvalue weighted by Gasteiger charge is 2.34. The summed E-state index contributed by atoms with van der Waals surface area (Å²) in [6, 6.07) is 12.2. The number of likely N-dealkylation sites (tertiary alicyclic amines) is 1. The Balaban J connectivity index is 0.000000915. The molecule has 0 bridgehead atoms. The number of nitrogens with two attached hydrogens (primary N) is 1. The van der Waals surface area contributed by atoms with Crippen molar-refractivity contribution in [1.29, 1.82) is 0 Å². The molecule has 0 radical (unpaired) electrons. The number of methoxy groups -OCH3 is 1. The fourth-order valence-corrected chi connectivity index (χ4v) is 4.75. The molecule has 1 saturated heterocycles. The van der Waals surface area contributed by atoms with Crippen molar-refractivity contribution in [1.82, 2.24) is 20.2 Å². The van der Waals surface area contributed by atoms with Crippen LogP contribution in [0.15, 0.2) is 84.6 Å². The van der Waals surface area contributed by atoms with E-state index in [9.17, 15) is 18.8 Å². The van der Waals surface area contributed by atoms with Crippen LogP contribution in [0.5, 0.6) is 0 Å². The highest BCUT2D eigenvalue weighted by atomic mass is 19.1. The van der Waals surface area contributed by atoms with Gasteiger partial charge >= 0.3 is 0 Å². The topological polar surface area (TPSA) is 165 Å². The number of nitrogens with one attached hydrogen (secondary N) is 4. The van der Waals surface area contributed by atoms with E-state index < -0.39 is 6.04 Å². The Morgan fingerprint density at radius 1 is 1.18 bits per heavy atom. The highest BCUT2D eigenvalue weighted by molar-refractivity contribution is 5.90. The third-order valence-corrected chi connectivity index (χ3v) is 7.87. The number of halogens is 1. The van der Waals surface area contributed by atoms with Gasteiger partial charge in [-0.25, -0.2) is 4.39 Å². The van der Waals surface area contributed by atoms with Crippen molar-refractivity contribution in [2.75, 3.05) is 44.7 Å². The molecule has 2 aliphatic rings.